The van der Waals surface area contributed by atoms with Gasteiger partial charge in [-0.15, -0.1) is 0 Å². The Kier molecular flexibility index (Phi) is 4.34. The molecule has 0 amide bonds. The van der Waals surface area contributed by atoms with Gasteiger partial charge >= 0.3 is 0 Å². The number of nitrogens with zero attached hydrogens (tertiary/aromatic N) is 2. The Bertz CT molecular complexity index is 1080. The second-order valence-corrected chi connectivity index (χ2v) is 6.96. The summed E-state index contributed by atoms with van der Waals surface area (Å²) >= 11 is 0. The summed E-state index contributed by atoms with van der Waals surface area (Å²) < 4.78 is 7.66. The zero-order valence-corrected chi connectivity index (χ0v) is 15.8. The lowest BCUT2D eigenvalue weighted by Gasteiger charge is -2.36. The summed E-state index contributed by atoms with van der Waals surface area (Å²) in [6.45, 7) is 0. The molecule has 2 heterocycles. The van der Waals surface area contributed by atoms with Crippen molar-refractivity contribution < 1.29 is 4.42 Å². The minimum atomic E-state index is -0.603. The molecule has 0 aliphatic carbocycles. The van der Waals surface area contributed by atoms with Crippen LogP contribution in [-0.4, -0.2) is 9.78 Å². The Hall–Kier alpha value is -3.85. The van der Waals surface area contributed by atoms with Crippen molar-refractivity contribution in [2.24, 2.45) is 0 Å². The Balaban J connectivity index is 1.84. The number of hydrogen-bond acceptors (Lipinski definition) is 2. The lowest BCUT2D eigenvalue weighted by molar-refractivity contribution is 0.460. The average Bonchev–Trinajstić information content (AvgIpc) is 3.49. The highest BCUT2D eigenvalue weighted by atomic mass is 16.3. The fourth-order valence-corrected chi connectivity index (χ4v) is 4.01. The van der Waals surface area contributed by atoms with Gasteiger partial charge in [0.25, 0.3) is 0 Å². The highest BCUT2D eigenvalue weighted by Gasteiger charge is 2.39. The molecule has 140 valence electrons. The smallest absolute Gasteiger partial charge is 0.138 e. The minimum Gasteiger partial charge on any atom is -0.464 e. The topological polar surface area (TPSA) is 31.0 Å². The Morgan fingerprint density at radius 2 is 1.14 bits per heavy atom. The summed E-state index contributed by atoms with van der Waals surface area (Å²) in [5, 5.41) is 4.83. The van der Waals surface area contributed by atoms with Gasteiger partial charge in [0, 0.05) is 6.20 Å². The van der Waals surface area contributed by atoms with E-state index in [0.29, 0.717) is 0 Å². The maximum absolute atomic E-state index is 5.61. The predicted molar refractivity (Wildman–Crippen MR) is 115 cm³/mol. The van der Waals surface area contributed by atoms with Crippen molar-refractivity contribution in [3.8, 4) is 11.3 Å². The third-order valence-corrected chi connectivity index (χ3v) is 5.31. The summed E-state index contributed by atoms with van der Waals surface area (Å²) in [5.74, 6) is 0.805. The van der Waals surface area contributed by atoms with Crippen LogP contribution in [0.2, 0.25) is 0 Å². The summed E-state index contributed by atoms with van der Waals surface area (Å²) in [6.07, 6.45) is 5.61. The van der Waals surface area contributed by atoms with Gasteiger partial charge in [-0.2, -0.15) is 5.10 Å². The van der Waals surface area contributed by atoms with Gasteiger partial charge in [-0.25, -0.2) is 0 Å². The molecule has 0 bridgehead atoms. The maximum atomic E-state index is 5.61. The molecule has 29 heavy (non-hydrogen) atoms. The van der Waals surface area contributed by atoms with Gasteiger partial charge in [-0.05, 0) is 28.8 Å². The Labute approximate surface area is 169 Å². The van der Waals surface area contributed by atoms with Crippen molar-refractivity contribution in [3.63, 3.8) is 0 Å². The Morgan fingerprint density at radius 1 is 0.621 bits per heavy atom. The SMILES string of the molecule is c1ccc(C(c2ccccc2)(c2ccccc2)n2cc(-c3ccco3)cn2)cc1. The van der Waals surface area contributed by atoms with E-state index in [1.54, 1.807) is 6.26 Å². The molecule has 0 aliphatic heterocycles. The fraction of sp³-hybridized carbons (Fsp3) is 0.0385. The van der Waals surface area contributed by atoms with Crippen molar-refractivity contribution in [1.29, 1.82) is 0 Å². The maximum Gasteiger partial charge on any atom is 0.138 e. The molecule has 0 aliphatic rings. The first-order valence-electron chi connectivity index (χ1n) is 9.64. The lowest BCUT2D eigenvalue weighted by Crippen LogP contribution is -2.38. The third-order valence-electron chi connectivity index (χ3n) is 5.31. The molecule has 0 fully saturated rings. The van der Waals surface area contributed by atoms with E-state index < -0.39 is 5.54 Å². The summed E-state index contributed by atoms with van der Waals surface area (Å²) in [4.78, 5) is 0. The second kappa shape index (κ2) is 7.28. The molecule has 0 N–H and O–H groups in total. The van der Waals surface area contributed by atoms with Gasteiger partial charge in [0.15, 0.2) is 0 Å². The van der Waals surface area contributed by atoms with Crippen LogP contribution >= 0.6 is 0 Å². The number of rotatable bonds is 5. The zero-order valence-electron chi connectivity index (χ0n) is 15.8. The summed E-state index contributed by atoms with van der Waals surface area (Å²) in [5.41, 5.74) is 3.78. The summed E-state index contributed by atoms with van der Waals surface area (Å²) in [6, 6.07) is 35.4. The van der Waals surface area contributed by atoms with Crippen LogP contribution in [0.15, 0.2) is 126 Å². The highest BCUT2D eigenvalue weighted by Crippen LogP contribution is 2.41. The molecular formula is C26H20N2O. The molecule has 0 atom stereocenters. The molecule has 0 radical (unpaired) electrons. The third kappa shape index (κ3) is 2.88. The van der Waals surface area contributed by atoms with Gasteiger partial charge in [0.2, 0.25) is 0 Å². The molecule has 0 spiro atoms. The first kappa shape index (κ1) is 17.3. The van der Waals surface area contributed by atoms with Crippen molar-refractivity contribution >= 4 is 0 Å². The predicted octanol–water partition coefficient (Wildman–Crippen LogP) is 5.98. The average molecular weight is 376 g/mol. The molecule has 3 nitrogen and oxygen atoms in total. The van der Waals surface area contributed by atoms with Crippen molar-refractivity contribution in [2.75, 3.05) is 0 Å². The molecule has 5 aromatic rings. The van der Waals surface area contributed by atoms with Gasteiger partial charge in [-0.1, -0.05) is 91.0 Å². The van der Waals surface area contributed by atoms with E-state index in [-0.39, 0.29) is 0 Å². The van der Waals surface area contributed by atoms with Crippen LogP contribution in [0.3, 0.4) is 0 Å². The molecule has 3 aromatic carbocycles. The first-order valence-corrected chi connectivity index (χ1v) is 9.64. The lowest BCUT2D eigenvalue weighted by atomic mass is 9.77. The van der Waals surface area contributed by atoms with E-state index in [0.717, 1.165) is 28.0 Å². The van der Waals surface area contributed by atoms with Crippen molar-refractivity contribution in [2.45, 2.75) is 5.54 Å². The van der Waals surface area contributed by atoms with E-state index in [1.807, 2.05) is 41.2 Å². The van der Waals surface area contributed by atoms with Crippen LogP contribution in [0.25, 0.3) is 11.3 Å². The van der Waals surface area contributed by atoms with Crippen LogP contribution in [0.1, 0.15) is 16.7 Å². The minimum absolute atomic E-state index is 0.603. The van der Waals surface area contributed by atoms with Gasteiger partial charge in [0.1, 0.15) is 11.3 Å². The number of hydrogen-bond donors (Lipinski definition) is 0. The van der Waals surface area contributed by atoms with Gasteiger partial charge in [0.05, 0.1) is 18.0 Å². The molecule has 0 saturated heterocycles. The zero-order chi connectivity index (χ0) is 19.5. The van der Waals surface area contributed by atoms with Gasteiger partial charge < -0.3 is 4.42 Å². The molecule has 3 heteroatoms. The van der Waals surface area contributed by atoms with E-state index in [2.05, 4.69) is 79.0 Å². The number of aromatic nitrogens is 2. The standard InChI is InChI=1S/C26H20N2O/c1-4-11-22(12-5-1)26(23-13-6-2-7-14-23,24-15-8-3-9-16-24)28-20-21(19-27-28)25-17-10-18-29-25/h1-20H. The van der Waals surface area contributed by atoms with Crippen LogP contribution < -0.4 is 0 Å². The van der Waals surface area contributed by atoms with Crippen molar-refractivity contribution in [1.82, 2.24) is 9.78 Å². The van der Waals surface area contributed by atoms with E-state index in [4.69, 9.17) is 9.52 Å². The van der Waals surface area contributed by atoms with Crippen LogP contribution in [0.5, 0.6) is 0 Å². The fourth-order valence-electron chi connectivity index (χ4n) is 4.01. The monoisotopic (exact) mass is 376 g/mol. The van der Waals surface area contributed by atoms with E-state index in [9.17, 15) is 0 Å². The number of benzene rings is 3. The van der Waals surface area contributed by atoms with E-state index >= 15 is 0 Å². The van der Waals surface area contributed by atoms with Crippen LogP contribution in [0.4, 0.5) is 0 Å². The Morgan fingerprint density at radius 3 is 1.59 bits per heavy atom. The molecule has 0 saturated carbocycles. The van der Waals surface area contributed by atoms with Crippen LogP contribution in [-0.2, 0) is 5.54 Å². The van der Waals surface area contributed by atoms with Crippen molar-refractivity contribution in [3.05, 3.63) is 138 Å². The van der Waals surface area contributed by atoms with Crippen LogP contribution in [0, 0.1) is 0 Å². The first-order chi connectivity index (χ1) is 14.4. The quantitative estimate of drug-likeness (QED) is 0.353. The molecule has 2 aromatic heterocycles. The number of furan rings is 1. The molecule has 5 rings (SSSR count). The molecular weight excluding hydrogens is 356 g/mol. The van der Waals surface area contributed by atoms with E-state index in [1.165, 1.54) is 0 Å². The highest BCUT2D eigenvalue weighted by molar-refractivity contribution is 5.57. The van der Waals surface area contributed by atoms with Gasteiger partial charge in [-0.3, -0.25) is 4.68 Å². The summed E-state index contributed by atoms with van der Waals surface area (Å²) in [7, 11) is 0. The molecule has 0 unspecified atom stereocenters. The largest absolute Gasteiger partial charge is 0.464 e. The second-order valence-electron chi connectivity index (χ2n) is 6.96. The normalized spacial score (nSPS) is 11.4.